The monoisotopic (exact) mass is 483 g/mol. The van der Waals surface area contributed by atoms with E-state index in [-0.39, 0.29) is 18.4 Å². The zero-order valence-electron chi connectivity index (χ0n) is 19.1. The van der Waals surface area contributed by atoms with Gasteiger partial charge in [-0.25, -0.2) is 4.79 Å². The third-order valence-electron chi connectivity index (χ3n) is 6.34. The van der Waals surface area contributed by atoms with Crippen LogP contribution in [-0.4, -0.2) is 36.5 Å². The fourth-order valence-corrected chi connectivity index (χ4v) is 5.51. The van der Waals surface area contributed by atoms with Crippen LogP contribution in [0.3, 0.4) is 0 Å². The number of nitrogens with zero attached hydrogens (tertiary/aromatic N) is 1. The number of hydrogen-bond acceptors (Lipinski definition) is 6. The van der Waals surface area contributed by atoms with Gasteiger partial charge in [0.05, 0.1) is 12.0 Å². The van der Waals surface area contributed by atoms with Crippen LogP contribution in [0.25, 0.3) is 0 Å². The van der Waals surface area contributed by atoms with Crippen molar-refractivity contribution in [2.75, 3.05) is 11.5 Å². The van der Waals surface area contributed by atoms with Gasteiger partial charge in [0.2, 0.25) is 5.91 Å². The molecule has 9 heteroatoms. The highest BCUT2D eigenvalue weighted by atomic mass is 32.1. The topological polar surface area (TPSA) is 105 Å². The number of ether oxygens (including phenoxy) is 1. The molecule has 1 aromatic heterocycles. The van der Waals surface area contributed by atoms with Crippen LogP contribution in [0, 0.1) is 12.8 Å². The van der Waals surface area contributed by atoms with Gasteiger partial charge in [-0.1, -0.05) is 36.6 Å². The van der Waals surface area contributed by atoms with Gasteiger partial charge in [0, 0.05) is 23.0 Å². The summed E-state index contributed by atoms with van der Waals surface area (Å²) in [5.41, 5.74) is 1.78. The lowest BCUT2D eigenvalue weighted by atomic mass is 9.87. The van der Waals surface area contributed by atoms with Gasteiger partial charge in [-0.2, -0.15) is 0 Å². The minimum Gasteiger partial charge on any atom is -0.455 e. The van der Waals surface area contributed by atoms with E-state index in [1.807, 2.05) is 48.7 Å². The van der Waals surface area contributed by atoms with E-state index in [0.29, 0.717) is 12.1 Å². The first kappa shape index (κ1) is 23.9. The molecule has 4 rings (SSSR count). The van der Waals surface area contributed by atoms with Crippen molar-refractivity contribution >= 4 is 40.8 Å². The quantitative estimate of drug-likeness (QED) is 0.607. The number of urea groups is 1. The first-order chi connectivity index (χ1) is 16.4. The van der Waals surface area contributed by atoms with Crippen molar-refractivity contribution in [2.24, 2.45) is 5.92 Å². The maximum atomic E-state index is 13.1. The standard InChI is InChI=1S/C25H29N3O5S/c1-16-8-10-18(11-9-16)28-22(30)13-12-19(23(28)20-7-4-14-34-20)24(31)33-15-21(29)27-25(32)26-17-5-2-3-6-17/h4,7-11,14,17,19,23H,2-3,5-6,12-13,15H2,1H3,(H2,26,27,29,32). The molecule has 34 heavy (non-hydrogen) atoms. The number of rotatable bonds is 6. The molecule has 1 saturated carbocycles. The van der Waals surface area contributed by atoms with Crippen LogP contribution in [0.1, 0.15) is 55.0 Å². The zero-order chi connectivity index (χ0) is 24.1. The van der Waals surface area contributed by atoms with E-state index in [2.05, 4.69) is 10.6 Å². The van der Waals surface area contributed by atoms with Gasteiger partial charge < -0.3 is 15.0 Å². The Morgan fingerprint density at radius 1 is 1.09 bits per heavy atom. The Kier molecular flexibility index (Phi) is 7.62. The maximum absolute atomic E-state index is 13.1. The Hall–Kier alpha value is -3.20. The van der Waals surface area contributed by atoms with Crippen molar-refractivity contribution < 1.29 is 23.9 Å². The summed E-state index contributed by atoms with van der Waals surface area (Å²) >= 11 is 1.47. The lowest BCUT2D eigenvalue weighted by molar-refractivity contribution is -0.154. The Morgan fingerprint density at radius 2 is 1.82 bits per heavy atom. The second kappa shape index (κ2) is 10.8. The molecule has 0 bridgehead atoms. The second-order valence-electron chi connectivity index (χ2n) is 8.82. The number of thiophene rings is 1. The fraction of sp³-hybridized carbons (Fsp3) is 0.440. The number of aryl methyl sites for hydroxylation is 1. The third kappa shape index (κ3) is 5.64. The van der Waals surface area contributed by atoms with Crippen LogP contribution < -0.4 is 15.5 Å². The maximum Gasteiger partial charge on any atom is 0.321 e. The predicted octanol–water partition coefficient (Wildman–Crippen LogP) is 3.85. The highest BCUT2D eigenvalue weighted by molar-refractivity contribution is 7.10. The van der Waals surface area contributed by atoms with E-state index >= 15 is 0 Å². The molecule has 0 radical (unpaired) electrons. The molecular formula is C25H29N3O5S. The minimum absolute atomic E-state index is 0.0624. The number of nitrogens with one attached hydrogen (secondary N) is 2. The van der Waals surface area contributed by atoms with Crippen LogP contribution in [0.5, 0.6) is 0 Å². The molecule has 2 aromatic rings. The molecule has 4 amide bonds. The number of anilines is 1. The summed E-state index contributed by atoms with van der Waals surface area (Å²) in [7, 11) is 0. The predicted molar refractivity (Wildman–Crippen MR) is 128 cm³/mol. The molecule has 2 aliphatic rings. The second-order valence-corrected chi connectivity index (χ2v) is 9.79. The number of amides is 4. The highest BCUT2D eigenvalue weighted by Gasteiger charge is 2.43. The van der Waals surface area contributed by atoms with E-state index in [0.717, 1.165) is 36.1 Å². The Bertz CT molecular complexity index is 1030. The number of piperidine rings is 1. The molecule has 1 saturated heterocycles. The summed E-state index contributed by atoms with van der Waals surface area (Å²) < 4.78 is 5.32. The summed E-state index contributed by atoms with van der Waals surface area (Å²) in [5, 5.41) is 6.89. The molecule has 1 aliphatic carbocycles. The van der Waals surface area contributed by atoms with Gasteiger partial charge in [0.15, 0.2) is 6.61 Å². The average Bonchev–Trinajstić information content (AvgIpc) is 3.52. The smallest absolute Gasteiger partial charge is 0.321 e. The number of benzene rings is 1. The molecule has 2 atom stereocenters. The Morgan fingerprint density at radius 3 is 2.50 bits per heavy atom. The summed E-state index contributed by atoms with van der Waals surface area (Å²) in [6.45, 7) is 1.42. The van der Waals surface area contributed by atoms with Gasteiger partial charge in [-0.15, -0.1) is 11.3 Å². The fourth-order valence-electron chi connectivity index (χ4n) is 4.63. The van der Waals surface area contributed by atoms with Crippen LogP contribution in [-0.2, 0) is 19.1 Å². The molecular weight excluding hydrogens is 454 g/mol. The normalized spacial score (nSPS) is 20.7. The van der Waals surface area contributed by atoms with Crippen molar-refractivity contribution in [2.45, 2.75) is 57.5 Å². The molecule has 1 aromatic carbocycles. The number of esters is 1. The van der Waals surface area contributed by atoms with Crippen molar-refractivity contribution in [1.29, 1.82) is 0 Å². The van der Waals surface area contributed by atoms with E-state index < -0.39 is 36.5 Å². The van der Waals surface area contributed by atoms with Crippen LogP contribution in [0.2, 0.25) is 0 Å². The van der Waals surface area contributed by atoms with E-state index in [1.54, 1.807) is 4.90 Å². The largest absolute Gasteiger partial charge is 0.455 e. The lowest BCUT2D eigenvalue weighted by Crippen LogP contribution is -2.47. The lowest BCUT2D eigenvalue weighted by Gasteiger charge is -2.39. The Balaban J connectivity index is 1.43. The summed E-state index contributed by atoms with van der Waals surface area (Å²) in [6.07, 6.45) is 4.45. The molecule has 1 aliphatic heterocycles. The van der Waals surface area contributed by atoms with Crippen molar-refractivity contribution in [3.63, 3.8) is 0 Å². The molecule has 180 valence electrons. The van der Waals surface area contributed by atoms with Gasteiger partial charge in [0.1, 0.15) is 0 Å². The summed E-state index contributed by atoms with van der Waals surface area (Å²) in [6, 6.07) is 10.4. The van der Waals surface area contributed by atoms with Gasteiger partial charge >= 0.3 is 12.0 Å². The number of imide groups is 1. The van der Waals surface area contributed by atoms with Crippen molar-refractivity contribution in [3.05, 3.63) is 52.2 Å². The van der Waals surface area contributed by atoms with Crippen molar-refractivity contribution in [1.82, 2.24) is 10.6 Å². The van der Waals surface area contributed by atoms with Crippen LogP contribution in [0.15, 0.2) is 41.8 Å². The van der Waals surface area contributed by atoms with E-state index in [1.165, 1.54) is 11.3 Å². The van der Waals surface area contributed by atoms with E-state index in [4.69, 9.17) is 4.74 Å². The highest BCUT2D eigenvalue weighted by Crippen LogP contribution is 2.42. The molecule has 2 N–H and O–H groups in total. The summed E-state index contributed by atoms with van der Waals surface area (Å²) in [5.74, 6) is -1.93. The number of carbonyl (C=O) groups is 4. The summed E-state index contributed by atoms with van der Waals surface area (Å²) in [4.78, 5) is 52.7. The average molecular weight is 484 g/mol. The first-order valence-electron chi connectivity index (χ1n) is 11.6. The van der Waals surface area contributed by atoms with Gasteiger partial charge in [-0.05, 0) is 49.8 Å². The number of hydrogen-bond donors (Lipinski definition) is 2. The zero-order valence-corrected chi connectivity index (χ0v) is 19.9. The molecule has 0 spiro atoms. The molecule has 2 heterocycles. The molecule has 8 nitrogen and oxygen atoms in total. The van der Waals surface area contributed by atoms with Gasteiger partial charge in [-0.3, -0.25) is 19.7 Å². The van der Waals surface area contributed by atoms with E-state index in [9.17, 15) is 19.2 Å². The van der Waals surface area contributed by atoms with Crippen LogP contribution >= 0.6 is 11.3 Å². The minimum atomic E-state index is -0.682. The first-order valence-corrected chi connectivity index (χ1v) is 12.5. The SMILES string of the molecule is Cc1ccc(N2C(=O)CCC(C(=O)OCC(=O)NC(=O)NC3CCCC3)C2c2cccs2)cc1. The van der Waals surface area contributed by atoms with Gasteiger partial charge in [0.25, 0.3) is 5.91 Å². The Labute approximate surface area is 202 Å². The third-order valence-corrected chi connectivity index (χ3v) is 7.28. The van der Waals surface area contributed by atoms with Crippen molar-refractivity contribution in [3.8, 4) is 0 Å². The molecule has 2 unspecified atom stereocenters. The van der Waals surface area contributed by atoms with Crippen LogP contribution in [0.4, 0.5) is 10.5 Å². The molecule has 2 fully saturated rings. The number of carbonyl (C=O) groups excluding carboxylic acids is 4.